The summed E-state index contributed by atoms with van der Waals surface area (Å²) in [4.78, 5) is 19.6. The average Bonchev–Trinajstić information content (AvgIpc) is 2.85. The molecule has 0 bridgehead atoms. The summed E-state index contributed by atoms with van der Waals surface area (Å²) in [6.07, 6.45) is 2.58. The fourth-order valence-corrected chi connectivity index (χ4v) is 2.88. The molecule has 1 unspecified atom stereocenters. The first-order valence-electron chi connectivity index (χ1n) is 6.81. The molecule has 0 aliphatic carbocycles. The number of anilines is 3. The third kappa shape index (κ3) is 2.42. The van der Waals surface area contributed by atoms with Crippen molar-refractivity contribution in [1.29, 1.82) is 0 Å². The van der Waals surface area contributed by atoms with Crippen LogP contribution in [0.4, 0.5) is 17.8 Å². The number of nitrogens with two attached hydrogens (primary N) is 1. The zero-order chi connectivity index (χ0) is 13.4. The van der Waals surface area contributed by atoms with Crippen molar-refractivity contribution in [3.8, 4) is 0 Å². The van der Waals surface area contributed by atoms with Crippen LogP contribution in [-0.4, -0.2) is 66.2 Å². The number of nitrogens with zero attached hydrogens (tertiary/aromatic N) is 6. The van der Waals surface area contributed by atoms with Crippen LogP contribution in [0, 0.1) is 0 Å². The number of fused-ring (bicyclic) bond motifs is 1. The lowest BCUT2D eigenvalue weighted by molar-refractivity contribution is 0.229. The molecule has 0 spiro atoms. The van der Waals surface area contributed by atoms with E-state index in [1.54, 1.807) is 0 Å². The molecule has 2 saturated heterocycles. The predicted octanol–water partition coefficient (Wildman–Crippen LogP) is -0.196. The molecule has 3 rings (SSSR count). The van der Waals surface area contributed by atoms with Crippen molar-refractivity contribution in [2.24, 2.45) is 0 Å². The van der Waals surface area contributed by atoms with Crippen LogP contribution in [0.5, 0.6) is 0 Å². The van der Waals surface area contributed by atoms with E-state index in [9.17, 15) is 0 Å². The van der Waals surface area contributed by atoms with Gasteiger partial charge in [0.15, 0.2) is 0 Å². The van der Waals surface area contributed by atoms with Gasteiger partial charge in [0.2, 0.25) is 17.8 Å². The van der Waals surface area contributed by atoms with Gasteiger partial charge in [-0.25, -0.2) is 0 Å². The van der Waals surface area contributed by atoms with Gasteiger partial charge in [-0.1, -0.05) is 0 Å². The van der Waals surface area contributed by atoms with Gasteiger partial charge in [-0.3, -0.25) is 4.90 Å². The molecule has 104 valence electrons. The molecule has 3 heterocycles. The molecule has 0 amide bonds. The van der Waals surface area contributed by atoms with Crippen LogP contribution in [0.1, 0.15) is 12.8 Å². The third-order valence-electron chi connectivity index (χ3n) is 3.90. The molecule has 0 saturated carbocycles. The first kappa shape index (κ1) is 12.4. The fourth-order valence-electron chi connectivity index (χ4n) is 2.88. The van der Waals surface area contributed by atoms with E-state index < -0.39 is 0 Å². The molecule has 7 heteroatoms. The van der Waals surface area contributed by atoms with Gasteiger partial charge in [0.05, 0.1) is 0 Å². The van der Waals surface area contributed by atoms with Gasteiger partial charge in [-0.15, -0.1) is 0 Å². The lowest BCUT2D eigenvalue weighted by atomic mass is 10.2. The normalized spacial score (nSPS) is 23.5. The van der Waals surface area contributed by atoms with Crippen LogP contribution in [0.25, 0.3) is 0 Å². The van der Waals surface area contributed by atoms with Crippen LogP contribution >= 0.6 is 0 Å². The summed E-state index contributed by atoms with van der Waals surface area (Å²) in [6.45, 7) is 4.29. The molecule has 1 atom stereocenters. The summed E-state index contributed by atoms with van der Waals surface area (Å²) in [7, 11) is 3.82. The minimum Gasteiger partial charge on any atom is -0.368 e. The standard InChI is InChI=1S/C12H21N7/c1-17(2)11-14-10(13)15-12(16-11)19-7-6-18-5-3-4-9(18)8-19/h9H,3-8H2,1-2H3,(H2,13,14,15,16). The maximum Gasteiger partial charge on any atom is 0.232 e. The second kappa shape index (κ2) is 4.80. The Bertz CT molecular complexity index is 461. The van der Waals surface area contributed by atoms with Gasteiger partial charge in [-0.2, -0.15) is 15.0 Å². The highest BCUT2D eigenvalue weighted by atomic mass is 15.4. The van der Waals surface area contributed by atoms with Gasteiger partial charge in [0.25, 0.3) is 0 Å². The number of piperazine rings is 1. The van der Waals surface area contributed by atoms with Crippen molar-refractivity contribution in [3.63, 3.8) is 0 Å². The summed E-state index contributed by atoms with van der Waals surface area (Å²) in [6, 6.07) is 0.648. The molecule has 1 aromatic rings. The quantitative estimate of drug-likeness (QED) is 0.792. The first-order valence-corrected chi connectivity index (χ1v) is 6.81. The zero-order valence-corrected chi connectivity index (χ0v) is 11.6. The van der Waals surface area contributed by atoms with E-state index in [4.69, 9.17) is 5.73 Å². The number of rotatable bonds is 2. The Hall–Kier alpha value is -1.63. The van der Waals surface area contributed by atoms with Crippen molar-refractivity contribution < 1.29 is 0 Å². The minimum absolute atomic E-state index is 0.294. The molecule has 7 nitrogen and oxygen atoms in total. The Morgan fingerprint density at radius 1 is 1.16 bits per heavy atom. The van der Waals surface area contributed by atoms with Crippen LogP contribution in [-0.2, 0) is 0 Å². The van der Waals surface area contributed by atoms with E-state index in [2.05, 4.69) is 24.8 Å². The molecule has 2 aliphatic heterocycles. The number of hydrogen-bond acceptors (Lipinski definition) is 7. The molecular weight excluding hydrogens is 242 g/mol. The minimum atomic E-state index is 0.294. The number of hydrogen-bond donors (Lipinski definition) is 1. The van der Waals surface area contributed by atoms with Crippen molar-refractivity contribution in [2.75, 3.05) is 55.8 Å². The van der Waals surface area contributed by atoms with Crippen LogP contribution in [0.2, 0.25) is 0 Å². The Morgan fingerprint density at radius 3 is 2.79 bits per heavy atom. The van der Waals surface area contributed by atoms with E-state index in [-0.39, 0.29) is 0 Å². The van der Waals surface area contributed by atoms with Crippen molar-refractivity contribution in [2.45, 2.75) is 18.9 Å². The van der Waals surface area contributed by atoms with Crippen LogP contribution in [0.15, 0.2) is 0 Å². The Labute approximate surface area is 113 Å². The van der Waals surface area contributed by atoms with E-state index in [0.717, 1.165) is 19.6 Å². The molecule has 2 fully saturated rings. The summed E-state index contributed by atoms with van der Waals surface area (Å²) in [5, 5.41) is 0. The van der Waals surface area contributed by atoms with Crippen LogP contribution < -0.4 is 15.5 Å². The first-order chi connectivity index (χ1) is 9.13. The van der Waals surface area contributed by atoms with E-state index in [1.165, 1.54) is 19.4 Å². The van der Waals surface area contributed by atoms with Crippen molar-refractivity contribution in [3.05, 3.63) is 0 Å². The lowest BCUT2D eigenvalue weighted by Crippen LogP contribution is -2.50. The summed E-state index contributed by atoms with van der Waals surface area (Å²) in [5.74, 6) is 1.63. The van der Waals surface area contributed by atoms with Crippen molar-refractivity contribution in [1.82, 2.24) is 19.9 Å². The largest absolute Gasteiger partial charge is 0.368 e. The van der Waals surface area contributed by atoms with Gasteiger partial charge in [0.1, 0.15) is 0 Å². The van der Waals surface area contributed by atoms with Crippen LogP contribution in [0.3, 0.4) is 0 Å². The Kier molecular flexibility index (Phi) is 3.14. The average molecular weight is 263 g/mol. The van der Waals surface area contributed by atoms with E-state index >= 15 is 0 Å². The third-order valence-corrected chi connectivity index (χ3v) is 3.90. The summed E-state index contributed by atoms with van der Waals surface area (Å²) in [5.41, 5.74) is 5.78. The fraction of sp³-hybridized carbons (Fsp3) is 0.750. The summed E-state index contributed by atoms with van der Waals surface area (Å²) >= 11 is 0. The van der Waals surface area contributed by atoms with Gasteiger partial charge < -0.3 is 15.5 Å². The highest BCUT2D eigenvalue weighted by molar-refractivity contribution is 5.43. The number of aromatic nitrogens is 3. The van der Waals surface area contributed by atoms with Gasteiger partial charge in [0, 0.05) is 39.8 Å². The van der Waals surface area contributed by atoms with Gasteiger partial charge in [-0.05, 0) is 19.4 Å². The molecule has 2 aliphatic rings. The monoisotopic (exact) mass is 263 g/mol. The SMILES string of the molecule is CN(C)c1nc(N)nc(N2CCN3CCCC3C2)n1. The molecule has 0 aromatic carbocycles. The number of nitrogen functional groups attached to an aromatic ring is 1. The molecule has 0 radical (unpaired) electrons. The topological polar surface area (TPSA) is 74.4 Å². The summed E-state index contributed by atoms with van der Waals surface area (Å²) < 4.78 is 0. The Morgan fingerprint density at radius 2 is 2.00 bits per heavy atom. The maximum atomic E-state index is 5.78. The smallest absolute Gasteiger partial charge is 0.232 e. The second-order valence-electron chi connectivity index (χ2n) is 5.47. The molecule has 2 N–H and O–H groups in total. The maximum absolute atomic E-state index is 5.78. The molecule has 1 aromatic heterocycles. The molecule has 19 heavy (non-hydrogen) atoms. The zero-order valence-electron chi connectivity index (χ0n) is 11.6. The Balaban J connectivity index is 1.81. The predicted molar refractivity (Wildman–Crippen MR) is 75.4 cm³/mol. The highest BCUT2D eigenvalue weighted by Gasteiger charge is 2.31. The highest BCUT2D eigenvalue weighted by Crippen LogP contribution is 2.24. The molecular formula is C12H21N7. The lowest BCUT2D eigenvalue weighted by Gasteiger charge is -2.37. The van der Waals surface area contributed by atoms with Gasteiger partial charge >= 0.3 is 0 Å². The van der Waals surface area contributed by atoms with E-state index in [1.807, 2.05) is 19.0 Å². The second-order valence-corrected chi connectivity index (χ2v) is 5.47. The van der Waals surface area contributed by atoms with Crippen molar-refractivity contribution >= 4 is 17.8 Å². The van der Waals surface area contributed by atoms with E-state index in [0.29, 0.717) is 23.9 Å².